The van der Waals surface area contributed by atoms with Crippen molar-refractivity contribution >= 4 is 41.4 Å². The van der Waals surface area contributed by atoms with Gasteiger partial charge in [0.05, 0.1) is 22.5 Å². The molecule has 0 aliphatic carbocycles. The smallest absolute Gasteiger partial charge is 0.335 e. The van der Waals surface area contributed by atoms with Gasteiger partial charge >= 0.3 is 11.9 Å². The van der Waals surface area contributed by atoms with Crippen LogP contribution in [-0.4, -0.2) is 51.3 Å². The van der Waals surface area contributed by atoms with E-state index < -0.39 is 23.4 Å². The van der Waals surface area contributed by atoms with Crippen LogP contribution in [0.15, 0.2) is 88.8 Å². The molecule has 1 aromatic heterocycles. The normalized spacial score (nSPS) is 12.8. The summed E-state index contributed by atoms with van der Waals surface area (Å²) in [6.45, 7) is 1.52. The lowest BCUT2D eigenvalue weighted by Crippen LogP contribution is -2.45. The van der Waals surface area contributed by atoms with Gasteiger partial charge in [-0.05, 0) is 72.7 Å². The Morgan fingerprint density at radius 3 is 2.28 bits per heavy atom. The van der Waals surface area contributed by atoms with Crippen LogP contribution in [-0.2, 0) is 4.79 Å². The molecule has 0 saturated carbocycles. The number of carbonyl (C=O) groups excluding carboxylic acids is 1. The van der Waals surface area contributed by atoms with Crippen molar-refractivity contribution in [1.29, 1.82) is 0 Å². The molecular formula is C32H26N4O7. The number of pyridine rings is 1. The Hall–Kier alpha value is -5.97. The van der Waals surface area contributed by atoms with Gasteiger partial charge in [-0.1, -0.05) is 30.4 Å². The average Bonchev–Trinajstić information content (AvgIpc) is 3.31. The lowest BCUT2D eigenvalue weighted by atomic mass is 10.1. The van der Waals surface area contributed by atoms with Gasteiger partial charge in [0.2, 0.25) is 0 Å². The minimum atomic E-state index is -1.11. The van der Waals surface area contributed by atoms with Crippen molar-refractivity contribution in [1.82, 2.24) is 4.57 Å². The molecule has 3 N–H and O–H groups in total. The SMILES string of the molecule is Cc1c2c(n(-c3cccc(O)c3)c(=O)/c1=C\C=Cc1ccc(N(C)CC(=O)O)cc1)=NN(c1ccc(C(=O)O)cc1)C2=O. The number of rotatable bonds is 8. The molecule has 43 heavy (non-hydrogen) atoms. The number of benzene rings is 3. The van der Waals surface area contributed by atoms with Crippen molar-refractivity contribution in [3.05, 3.63) is 122 Å². The van der Waals surface area contributed by atoms with E-state index in [1.54, 1.807) is 61.4 Å². The van der Waals surface area contributed by atoms with Gasteiger partial charge in [-0.3, -0.25) is 19.0 Å². The number of aromatic nitrogens is 1. The summed E-state index contributed by atoms with van der Waals surface area (Å²) in [6, 6.07) is 18.9. The zero-order chi connectivity index (χ0) is 30.8. The summed E-state index contributed by atoms with van der Waals surface area (Å²) in [7, 11) is 1.68. The van der Waals surface area contributed by atoms with Crippen molar-refractivity contribution in [2.75, 3.05) is 23.5 Å². The predicted octanol–water partition coefficient (Wildman–Crippen LogP) is 2.76. The van der Waals surface area contributed by atoms with Gasteiger partial charge in [0.15, 0.2) is 5.49 Å². The first-order valence-corrected chi connectivity index (χ1v) is 13.1. The lowest BCUT2D eigenvalue weighted by molar-refractivity contribution is -0.135. The number of carboxylic acid groups (broad SMARTS) is 2. The largest absolute Gasteiger partial charge is 0.508 e. The van der Waals surface area contributed by atoms with Crippen molar-refractivity contribution in [2.45, 2.75) is 6.92 Å². The Morgan fingerprint density at radius 2 is 1.65 bits per heavy atom. The number of allylic oxidation sites excluding steroid dienone is 1. The highest BCUT2D eigenvalue weighted by Gasteiger charge is 2.31. The number of amides is 1. The fourth-order valence-electron chi connectivity index (χ4n) is 4.77. The van der Waals surface area contributed by atoms with Crippen LogP contribution in [0.1, 0.15) is 31.8 Å². The number of carbonyl (C=O) groups is 3. The molecule has 0 bridgehead atoms. The van der Waals surface area contributed by atoms with E-state index >= 15 is 0 Å². The Balaban J connectivity index is 1.60. The van der Waals surface area contributed by atoms with E-state index in [2.05, 4.69) is 5.10 Å². The minimum Gasteiger partial charge on any atom is -0.508 e. The Bertz CT molecular complexity index is 1980. The second-order valence-electron chi connectivity index (χ2n) is 9.83. The van der Waals surface area contributed by atoms with Crippen LogP contribution < -0.4 is 26.2 Å². The van der Waals surface area contributed by atoms with E-state index in [0.29, 0.717) is 16.9 Å². The summed E-state index contributed by atoms with van der Waals surface area (Å²) < 4.78 is 1.26. The Labute approximate surface area is 244 Å². The highest BCUT2D eigenvalue weighted by atomic mass is 16.4. The van der Waals surface area contributed by atoms with Crippen LogP contribution >= 0.6 is 0 Å². The van der Waals surface area contributed by atoms with Gasteiger partial charge in [0.1, 0.15) is 12.3 Å². The molecule has 0 unspecified atom stereocenters. The third kappa shape index (κ3) is 5.64. The number of hydrogen-bond donors (Lipinski definition) is 3. The fraction of sp³-hybridized carbons (Fsp3) is 0.0938. The second kappa shape index (κ2) is 11.5. The topological polar surface area (TPSA) is 153 Å². The molecule has 3 aromatic carbocycles. The second-order valence-corrected chi connectivity index (χ2v) is 9.83. The van der Waals surface area contributed by atoms with Crippen LogP contribution in [0.5, 0.6) is 5.75 Å². The number of phenols is 1. The lowest BCUT2D eigenvalue weighted by Gasteiger charge is -2.16. The molecule has 0 atom stereocenters. The summed E-state index contributed by atoms with van der Waals surface area (Å²) in [4.78, 5) is 51.4. The van der Waals surface area contributed by atoms with E-state index in [1.807, 2.05) is 12.1 Å². The quantitative estimate of drug-likeness (QED) is 0.289. The van der Waals surface area contributed by atoms with E-state index in [9.17, 15) is 29.4 Å². The molecule has 0 spiro atoms. The number of aromatic hydroxyl groups is 1. The fourth-order valence-corrected chi connectivity index (χ4v) is 4.77. The number of aliphatic carboxylic acids is 1. The molecule has 0 fully saturated rings. The summed E-state index contributed by atoms with van der Waals surface area (Å²) in [5.74, 6) is -2.62. The van der Waals surface area contributed by atoms with Crippen LogP contribution in [0.3, 0.4) is 0 Å². The summed E-state index contributed by atoms with van der Waals surface area (Å²) in [6.07, 6.45) is 5.05. The number of phenolic OH excluding ortho intramolecular Hbond substituents is 1. The molecule has 2 heterocycles. The average molecular weight is 579 g/mol. The molecule has 4 aromatic rings. The summed E-state index contributed by atoms with van der Waals surface area (Å²) >= 11 is 0. The third-order valence-electron chi connectivity index (χ3n) is 6.95. The van der Waals surface area contributed by atoms with Gasteiger partial charge < -0.3 is 20.2 Å². The first-order valence-electron chi connectivity index (χ1n) is 13.1. The summed E-state index contributed by atoms with van der Waals surface area (Å²) in [5.41, 5.74) is 2.44. The Kier molecular flexibility index (Phi) is 7.63. The van der Waals surface area contributed by atoms with Gasteiger partial charge in [-0.25, -0.2) is 4.79 Å². The maximum atomic E-state index is 13.9. The van der Waals surface area contributed by atoms with Crippen LogP contribution in [0.25, 0.3) is 17.8 Å². The van der Waals surface area contributed by atoms with Gasteiger partial charge in [0.25, 0.3) is 11.5 Å². The van der Waals surface area contributed by atoms with Gasteiger partial charge in [0, 0.05) is 24.0 Å². The number of likely N-dealkylation sites (N-methyl/N-ethyl adjacent to an activating group) is 1. The molecule has 0 saturated heterocycles. The zero-order valence-corrected chi connectivity index (χ0v) is 23.1. The van der Waals surface area contributed by atoms with Crippen LogP contribution in [0.4, 0.5) is 11.4 Å². The molecule has 11 heteroatoms. The van der Waals surface area contributed by atoms with Gasteiger partial charge in [-0.2, -0.15) is 5.01 Å². The van der Waals surface area contributed by atoms with Crippen molar-refractivity contribution in [3.8, 4) is 11.4 Å². The van der Waals surface area contributed by atoms with E-state index in [1.165, 1.54) is 41.0 Å². The van der Waals surface area contributed by atoms with Gasteiger partial charge in [-0.15, -0.1) is 5.10 Å². The molecule has 216 valence electrons. The van der Waals surface area contributed by atoms with Crippen molar-refractivity contribution in [2.24, 2.45) is 5.10 Å². The maximum Gasteiger partial charge on any atom is 0.335 e. The number of carboxylic acids is 2. The summed E-state index contributed by atoms with van der Waals surface area (Å²) in [5, 5.41) is 34.2. The number of hydrogen-bond acceptors (Lipinski definition) is 7. The van der Waals surface area contributed by atoms with Crippen LogP contribution in [0, 0.1) is 6.92 Å². The molecule has 1 aliphatic rings. The molecular weight excluding hydrogens is 552 g/mol. The van der Waals surface area contributed by atoms with Crippen molar-refractivity contribution in [3.63, 3.8) is 0 Å². The monoisotopic (exact) mass is 578 g/mol. The van der Waals surface area contributed by atoms with Crippen LogP contribution in [0.2, 0.25) is 0 Å². The first-order chi connectivity index (χ1) is 20.5. The number of fused-ring (bicyclic) bond motifs is 1. The number of nitrogens with zero attached hydrogens (tertiary/aromatic N) is 4. The molecule has 1 amide bonds. The standard InChI is InChI=1S/C32H26N4O7/c1-19-26(8-3-5-20-9-13-22(14-10-20)34(2)18-27(38)39)30(40)35(24-6-4-7-25(37)17-24)29-28(19)31(41)36(33-29)23-15-11-21(12-16-23)32(42)43/h3-17,37H,18H2,1-2H3,(H,38,39)(H,42,43)/b5-3?,26-8-. The highest BCUT2D eigenvalue weighted by Crippen LogP contribution is 2.22. The number of anilines is 2. The van der Waals surface area contributed by atoms with E-state index in [4.69, 9.17) is 5.11 Å². The zero-order valence-electron chi connectivity index (χ0n) is 23.1. The molecule has 11 nitrogen and oxygen atoms in total. The van der Waals surface area contributed by atoms with E-state index in [0.717, 1.165) is 16.3 Å². The molecule has 5 rings (SSSR count). The van der Waals surface area contributed by atoms with Crippen molar-refractivity contribution < 1.29 is 29.7 Å². The molecule has 0 radical (unpaired) electrons. The number of aromatic carboxylic acids is 1. The predicted molar refractivity (Wildman–Crippen MR) is 160 cm³/mol. The Morgan fingerprint density at radius 1 is 0.953 bits per heavy atom. The highest BCUT2D eigenvalue weighted by molar-refractivity contribution is 6.08. The maximum absolute atomic E-state index is 13.9. The minimum absolute atomic E-state index is 0.0476. The van der Waals surface area contributed by atoms with E-state index in [-0.39, 0.29) is 34.1 Å². The molecule has 1 aliphatic heterocycles. The third-order valence-corrected chi connectivity index (χ3v) is 6.95. The first kappa shape index (κ1) is 28.6.